The van der Waals surface area contributed by atoms with Crippen LogP contribution >= 0.6 is 0 Å². The van der Waals surface area contributed by atoms with Gasteiger partial charge in [-0.15, -0.1) is 0 Å². The summed E-state index contributed by atoms with van der Waals surface area (Å²) in [5.41, 5.74) is 8.07. The van der Waals surface area contributed by atoms with E-state index in [1.807, 2.05) is 12.1 Å². The normalized spacial score (nSPS) is 15.5. The zero-order chi connectivity index (χ0) is 19.4. The van der Waals surface area contributed by atoms with Crippen LogP contribution in [-0.2, 0) is 22.6 Å². The number of carbonyl (C=O) groups excluding carboxylic acids is 2. The Kier molecular flexibility index (Phi) is 5.23. The van der Waals surface area contributed by atoms with Crippen molar-refractivity contribution in [3.05, 3.63) is 65.3 Å². The third kappa shape index (κ3) is 3.68. The summed E-state index contributed by atoms with van der Waals surface area (Å²) < 4.78 is 1.76. The third-order valence-electron chi connectivity index (χ3n) is 4.69. The molecule has 0 bridgehead atoms. The number of aromatic nitrogens is 1. The fraction of sp³-hybridized carbons (Fsp3) is 0.250. The zero-order valence-electron chi connectivity index (χ0n) is 14.6. The van der Waals surface area contributed by atoms with E-state index in [9.17, 15) is 9.59 Å². The van der Waals surface area contributed by atoms with Crippen LogP contribution in [0.4, 0.5) is 0 Å². The average molecular weight is 360 g/mol. The summed E-state index contributed by atoms with van der Waals surface area (Å²) in [7, 11) is 0. The maximum atomic E-state index is 12.7. The zero-order valence-corrected chi connectivity index (χ0v) is 14.6. The largest absolute Gasteiger partial charge is 0.368 e. The fourth-order valence-corrected chi connectivity index (χ4v) is 3.38. The monoisotopic (exact) mass is 360 g/mol. The van der Waals surface area contributed by atoms with Gasteiger partial charge in [0.05, 0.1) is 18.1 Å². The fourth-order valence-electron chi connectivity index (χ4n) is 3.38. The van der Waals surface area contributed by atoms with Crippen molar-refractivity contribution < 1.29 is 9.59 Å². The highest BCUT2D eigenvalue weighted by Crippen LogP contribution is 2.31. The summed E-state index contributed by atoms with van der Waals surface area (Å²) in [6.45, 7) is 0.876. The minimum atomic E-state index is -0.882. The van der Waals surface area contributed by atoms with Gasteiger partial charge in [0.15, 0.2) is 0 Å². The predicted molar refractivity (Wildman–Crippen MR) is 96.6 cm³/mol. The van der Waals surface area contributed by atoms with Crippen LogP contribution in [0.15, 0.2) is 36.5 Å². The SMILES string of the molecule is N#Cc1ccc2c(c1)C(C(N)=O)N(C(=O)[CH]CCn1cccc1C#N)CC2. The van der Waals surface area contributed by atoms with Gasteiger partial charge in [-0.05, 0) is 48.2 Å². The molecule has 27 heavy (non-hydrogen) atoms. The lowest BCUT2D eigenvalue weighted by atomic mass is 9.90. The molecule has 1 aliphatic heterocycles. The van der Waals surface area contributed by atoms with Crippen LogP contribution in [0, 0.1) is 29.1 Å². The molecule has 7 nitrogen and oxygen atoms in total. The molecule has 1 radical (unpaired) electrons. The van der Waals surface area contributed by atoms with Gasteiger partial charge in [0.1, 0.15) is 17.8 Å². The molecule has 0 fully saturated rings. The first-order chi connectivity index (χ1) is 13.0. The van der Waals surface area contributed by atoms with Crippen molar-refractivity contribution >= 4 is 11.8 Å². The smallest absolute Gasteiger partial charge is 0.244 e. The molecule has 1 aromatic carbocycles. The molecule has 2 amide bonds. The molecule has 7 heteroatoms. The van der Waals surface area contributed by atoms with Crippen molar-refractivity contribution in [3.63, 3.8) is 0 Å². The van der Waals surface area contributed by atoms with E-state index in [0.29, 0.717) is 42.8 Å². The van der Waals surface area contributed by atoms with E-state index in [1.54, 1.807) is 35.0 Å². The van der Waals surface area contributed by atoms with Crippen molar-refractivity contribution in [2.75, 3.05) is 6.54 Å². The third-order valence-corrected chi connectivity index (χ3v) is 4.69. The Morgan fingerprint density at radius 1 is 1.26 bits per heavy atom. The standard InChI is InChI=1S/C20H18N5O2/c21-12-14-5-6-15-7-10-25(19(20(23)27)17(15)11-14)18(26)4-2-9-24-8-1-3-16(24)13-22/h1,3-6,8,11,19H,2,7,9-10H2,(H2,23,27). The molecule has 0 aliphatic carbocycles. The Hall–Kier alpha value is -3.58. The molecule has 1 aromatic heterocycles. The number of benzene rings is 1. The van der Waals surface area contributed by atoms with Crippen molar-refractivity contribution in [3.8, 4) is 12.1 Å². The molecule has 0 saturated carbocycles. The van der Waals surface area contributed by atoms with Gasteiger partial charge in [-0.1, -0.05) is 6.07 Å². The number of amides is 2. The number of rotatable bonds is 5. The average Bonchev–Trinajstić information content (AvgIpc) is 3.13. The molecule has 2 N–H and O–H groups in total. The van der Waals surface area contributed by atoms with Crippen molar-refractivity contribution in [2.45, 2.75) is 25.4 Å². The minimum absolute atomic E-state index is 0.280. The molecule has 2 aromatic rings. The quantitative estimate of drug-likeness (QED) is 0.868. The summed E-state index contributed by atoms with van der Waals surface area (Å²) in [5, 5.41) is 18.1. The summed E-state index contributed by atoms with van der Waals surface area (Å²) in [6, 6.07) is 11.9. The minimum Gasteiger partial charge on any atom is -0.368 e. The Balaban J connectivity index is 1.73. The van der Waals surface area contributed by atoms with Crippen LogP contribution in [0.25, 0.3) is 0 Å². The van der Waals surface area contributed by atoms with E-state index >= 15 is 0 Å². The lowest BCUT2D eigenvalue weighted by Crippen LogP contribution is -2.46. The Bertz CT molecular complexity index is 963. The van der Waals surface area contributed by atoms with Crippen molar-refractivity contribution in [1.29, 1.82) is 10.5 Å². The first-order valence-electron chi connectivity index (χ1n) is 8.56. The van der Waals surface area contributed by atoms with E-state index in [2.05, 4.69) is 6.07 Å². The highest BCUT2D eigenvalue weighted by Gasteiger charge is 2.34. The topological polar surface area (TPSA) is 116 Å². The van der Waals surface area contributed by atoms with Gasteiger partial charge < -0.3 is 15.2 Å². The molecule has 3 rings (SSSR count). The molecule has 2 heterocycles. The highest BCUT2D eigenvalue weighted by atomic mass is 16.2. The second kappa shape index (κ2) is 7.76. The lowest BCUT2D eigenvalue weighted by molar-refractivity contribution is -0.137. The summed E-state index contributed by atoms with van der Waals surface area (Å²) in [4.78, 5) is 26.2. The van der Waals surface area contributed by atoms with E-state index in [0.717, 1.165) is 5.56 Å². The molecule has 1 unspecified atom stereocenters. The molecule has 1 atom stereocenters. The van der Waals surface area contributed by atoms with E-state index in [4.69, 9.17) is 16.3 Å². The number of carbonyl (C=O) groups is 2. The Morgan fingerprint density at radius 2 is 2.07 bits per heavy atom. The van der Waals surface area contributed by atoms with Gasteiger partial charge in [0, 0.05) is 19.3 Å². The molecule has 1 aliphatic rings. The predicted octanol–water partition coefficient (Wildman–Crippen LogP) is 1.44. The molecular weight excluding hydrogens is 342 g/mol. The number of hydrogen-bond acceptors (Lipinski definition) is 4. The van der Waals surface area contributed by atoms with Gasteiger partial charge in [0.25, 0.3) is 0 Å². The van der Waals surface area contributed by atoms with Crippen molar-refractivity contribution in [2.24, 2.45) is 5.73 Å². The number of fused-ring (bicyclic) bond motifs is 1. The van der Waals surface area contributed by atoms with Gasteiger partial charge in [-0.2, -0.15) is 10.5 Å². The van der Waals surface area contributed by atoms with E-state index < -0.39 is 11.9 Å². The van der Waals surface area contributed by atoms with E-state index in [-0.39, 0.29) is 5.91 Å². The summed E-state index contributed by atoms with van der Waals surface area (Å²) in [6.07, 6.45) is 4.32. The van der Waals surface area contributed by atoms with Crippen LogP contribution in [-0.4, -0.2) is 27.8 Å². The van der Waals surface area contributed by atoms with Gasteiger partial charge >= 0.3 is 0 Å². The summed E-state index contributed by atoms with van der Waals surface area (Å²) >= 11 is 0. The second-order valence-electron chi connectivity index (χ2n) is 6.30. The van der Waals surface area contributed by atoms with Gasteiger partial charge in [-0.25, -0.2) is 0 Å². The van der Waals surface area contributed by atoms with E-state index in [1.165, 1.54) is 11.3 Å². The number of hydrogen-bond donors (Lipinski definition) is 1. The van der Waals surface area contributed by atoms with Gasteiger partial charge in [0.2, 0.25) is 11.8 Å². The first-order valence-corrected chi connectivity index (χ1v) is 8.56. The number of nitriles is 2. The first kappa shape index (κ1) is 18.2. The van der Waals surface area contributed by atoms with Crippen LogP contribution in [0.1, 0.15) is 34.8 Å². The van der Waals surface area contributed by atoms with Crippen LogP contribution in [0.5, 0.6) is 0 Å². The van der Waals surface area contributed by atoms with Crippen LogP contribution in [0.3, 0.4) is 0 Å². The summed E-state index contributed by atoms with van der Waals surface area (Å²) in [5.74, 6) is -0.901. The Morgan fingerprint density at radius 3 is 2.78 bits per heavy atom. The second-order valence-corrected chi connectivity index (χ2v) is 6.30. The van der Waals surface area contributed by atoms with Crippen LogP contribution in [0.2, 0.25) is 0 Å². The number of nitrogens with zero attached hydrogens (tertiary/aromatic N) is 4. The van der Waals surface area contributed by atoms with Crippen molar-refractivity contribution in [1.82, 2.24) is 9.47 Å². The Labute approximate surface area is 157 Å². The molecular formula is C20H18N5O2. The molecule has 0 saturated heterocycles. The molecule has 0 spiro atoms. The number of nitrogens with two attached hydrogens (primary N) is 1. The lowest BCUT2D eigenvalue weighted by Gasteiger charge is -2.35. The maximum Gasteiger partial charge on any atom is 0.244 e. The number of primary amides is 1. The molecule has 135 valence electrons. The maximum absolute atomic E-state index is 12.7. The van der Waals surface area contributed by atoms with Gasteiger partial charge in [-0.3, -0.25) is 9.59 Å². The number of aryl methyl sites for hydroxylation is 1. The highest BCUT2D eigenvalue weighted by molar-refractivity contribution is 5.92. The van der Waals surface area contributed by atoms with Crippen LogP contribution < -0.4 is 5.73 Å².